The number of benzene rings is 1. The number of carbonyl (C=O) groups is 2. The van der Waals surface area contributed by atoms with Gasteiger partial charge in [0.05, 0.1) is 24.3 Å². The van der Waals surface area contributed by atoms with Crippen LogP contribution in [0.2, 0.25) is 0 Å². The van der Waals surface area contributed by atoms with E-state index in [4.69, 9.17) is 5.26 Å². The van der Waals surface area contributed by atoms with E-state index in [-0.39, 0.29) is 24.5 Å². The normalized spacial score (nSPS) is 13.2. The number of ketones is 1. The molecule has 1 atom stereocenters. The number of aryl methyl sites for hydroxylation is 1. The lowest BCUT2D eigenvalue weighted by Gasteiger charge is -2.31. The highest BCUT2D eigenvalue weighted by molar-refractivity contribution is 5.95. The minimum Gasteiger partial charge on any atom is -0.469 e. The van der Waals surface area contributed by atoms with Gasteiger partial charge in [-0.2, -0.15) is 5.26 Å². The van der Waals surface area contributed by atoms with E-state index >= 15 is 0 Å². The van der Waals surface area contributed by atoms with Gasteiger partial charge in [0, 0.05) is 6.42 Å². The molecular formula is C18H23NO4. The molecule has 23 heavy (non-hydrogen) atoms. The van der Waals surface area contributed by atoms with Crippen LogP contribution >= 0.6 is 0 Å². The summed E-state index contributed by atoms with van der Waals surface area (Å²) in [5.41, 5.74) is 0.406. The van der Waals surface area contributed by atoms with E-state index in [0.29, 0.717) is 18.4 Å². The molecule has 0 bridgehead atoms. The van der Waals surface area contributed by atoms with Crippen molar-refractivity contribution < 1.29 is 19.4 Å². The van der Waals surface area contributed by atoms with E-state index in [1.54, 1.807) is 12.1 Å². The molecule has 0 saturated carbocycles. The van der Waals surface area contributed by atoms with Crippen molar-refractivity contribution in [3.8, 4) is 6.07 Å². The number of hydrogen-bond acceptors (Lipinski definition) is 5. The number of methoxy groups -OCH3 is 1. The van der Waals surface area contributed by atoms with Crippen LogP contribution in [-0.4, -0.2) is 29.6 Å². The van der Waals surface area contributed by atoms with Gasteiger partial charge in [-0.1, -0.05) is 26.0 Å². The first-order valence-electron chi connectivity index (χ1n) is 7.60. The molecule has 5 heteroatoms. The molecular weight excluding hydrogens is 294 g/mol. The number of nitriles is 1. The smallest absolute Gasteiger partial charge is 0.313 e. The minimum absolute atomic E-state index is 0.0734. The second kappa shape index (κ2) is 8.44. The number of Topliss-reactive ketones (excluding diaryl/α,β-unsaturated/α-hetero) is 1. The van der Waals surface area contributed by atoms with Crippen molar-refractivity contribution in [3.63, 3.8) is 0 Å². The Bertz CT molecular complexity index is 586. The molecule has 1 N–H and O–H groups in total. The van der Waals surface area contributed by atoms with Crippen molar-refractivity contribution >= 4 is 11.8 Å². The van der Waals surface area contributed by atoms with E-state index in [1.165, 1.54) is 7.11 Å². The number of hydrogen-bond donors (Lipinski definition) is 1. The fourth-order valence-electron chi connectivity index (χ4n) is 2.33. The van der Waals surface area contributed by atoms with Crippen LogP contribution in [0.5, 0.6) is 0 Å². The number of nitrogens with zero attached hydrogens (tertiary/aromatic N) is 1. The fourth-order valence-corrected chi connectivity index (χ4v) is 2.33. The average molecular weight is 317 g/mol. The van der Waals surface area contributed by atoms with Crippen LogP contribution in [0, 0.1) is 17.2 Å². The predicted octanol–water partition coefficient (Wildman–Crippen LogP) is 2.40. The van der Waals surface area contributed by atoms with Crippen LogP contribution in [0.1, 0.15) is 44.2 Å². The maximum atomic E-state index is 11.9. The Morgan fingerprint density at radius 3 is 2.39 bits per heavy atom. The van der Waals surface area contributed by atoms with Gasteiger partial charge in [0.25, 0.3) is 0 Å². The summed E-state index contributed by atoms with van der Waals surface area (Å²) in [6.45, 7) is 3.70. The molecule has 0 spiro atoms. The molecule has 1 aromatic rings. The van der Waals surface area contributed by atoms with Gasteiger partial charge in [0.1, 0.15) is 12.2 Å². The van der Waals surface area contributed by atoms with E-state index in [2.05, 4.69) is 10.8 Å². The highest BCUT2D eigenvalue weighted by Crippen LogP contribution is 2.28. The van der Waals surface area contributed by atoms with Crippen LogP contribution in [0.3, 0.4) is 0 Å². The highest BCUT2D eigenvalue weighted by atomic mass is 16.5. The molecule has 1 unspecified atom stereocenters. The fraction of sp³-hybridized carbons (Fsp3) is 0.500. The summed E-state index contributed by atoms with van der Waals surface area (Å²) < 4.78 is 4.48. The molecule has 1 rings (SSSR count). The van der Waals surface area contributed by atoms with Crippen LogP contribution in [0.4, 0.5) is 0 Å². The Kier molecular flexibility index (Phi) is 6.92. The molecule has 0 aromatic heterocycles. The van der Waals surface area contributed by atoms with Crippen molar-refractivity contribution in [2.45, 2.75) is 45.1 Å². The van der Waals surface area contributed by atoms with Crippen molar-refractivity contribution in [2.24, 2.45) is 5.92 Å². The zero-order valence-electron chi connectivity index (χ0n) is 13.8. The number of esters is 1. The Balaban J connectivity index is 2.70. The lowest BCUT2D eigenvalue weighted by Crippen LogP contribution is -2.38. The molecule has 0 fully saturated rings. The van der Waals surface area contributed by atoms with Crippen LogP contribution in [0.25, 0.3) is 0 Å². The SMILES string of the molecule is COC(=O)CC(=O)CC(O)(CCc1ccc(C#N)cc1)C(C)C. The Morgan fingerprint density at radius 2 is 1.91 bits per heavy atom. The molecule has 0 aliphatic carbocycles. The maximum Gasteiger partial charge on any atom is 0.313 e. The van der Waals surface area contributed by atoms with Gasteiger partial charge in [-0.05, 0) is 36.5 Å². The highest BCUT2D eigenvalue weighted by Gasteiger charge is 2.33. The van der Waals surface area contributed by atoms with Gasteiger partial charge in [-0.25, -0.2) is 0 Å². The van der Waals surface area contributed by atoms with E-state index in [0.717, 1.165) is 5.56 Å². The standard InChI is InChI=1S/C18H23NO4/c1-13(2)18(22,11-16(20)10-17(21)23-3)9-8-14-4-6-15(12-19)7-5-14/h4-7,13,22H,8-11H2,1-3H3. The third-order valence-electron chi connectivity index (χ3n) is 4.08. The molecule has 0 aliphatic rings. The summed E-state index contributed by atoms with van der Waals surface area (Å²) in [6, 6.07) is 9.20. The Hall–Kier alpha value is -2.19. The third-order valence-corrected chi connectivity index (χ3v) is 4.08. The van der Waals surface area contributed by atoms with E-state index in [9.17, 15) is 14.7 Å². The topological polar surface area (TPSA) is 87.4 Å². The van der Waals surface area contributed by atoms with Gasteiger partial charge in [0.2, 0.25) is 0 Å². The van der Waals surface area contributed by atoms with E-state index < -0.39 is 11.6 Å². The van der Waals surface area contributed by atoms with Gasteiger partial charge >= 0.3 is 5.97 Å². The quantitative estimate of drug-likeness (QED) is 0.587. The number of aliphatic hydroxyl groups is 1. The first-order chi connectivity index (χ1) is 10.8. The zero-order valence-corrected chi connectivity index (χ0v) is 13.8. The second-order valence-electron chi connectivity index (χ2n) is 6.04. The maximum absolute atomic E-state index is 11.9. The van der Waals surface area contributed by atoms with Crippen molar-refractivity contribution in [1.82, 2.24) is 0 Å². The largest absolute Gasteiger partial charge is 0.469 e. The summed E-state index contributed by atoms with van der Waals surface area (Å²) in [6.07, 6.45) is 0.605. The minimum atomic E-state index is -1.17. The van der Waals surface area contributed by atoms with Crippen LogP contribution in [-0.2, 0) is 20.7 Å². The first kappa shape index (κ1) is 18.9. The van der Waals surface area contributed by atoms with Gasteiger partial charge in [-0.3, -0.25) is 9.59 Å². The number of carbonyl (C=O) groups excluding carboxylic acids is 2. The summed E-state index contributed by atoms with van der Waals surface area (Å²) in [4.78, 5) is 23.1. The summed E-state index contributed by atoms with van der Waals surface area (Å²) in [5.74, 6) is -1.04. The summed E-state index contributed by atoms with van der Waals surface area (Å²) in [7, 11) is 1.23. The lowest BCUT2D eigenvalue weighted by molar-refractivity contribution is -0.144. The molecule has 5 nitrogen and oxygen atoms in total. The average Bonchev–Trinajstić information content (AvgIpc) is 2.52. The third kappa shape index (κ3) is 5.84. The van der Waals surface area contributed by atoms with Crippen molar-refractivity contribution in [3.05, 3.63) is 35.4 Å². The summed E-state index contributed by atoms with van der Waals surface area (Å²) >= 11 is 0. The number of ether oxygens (including phenoxy) is 1. The summed E-state index contributed by atoms with van der Waals surface area (Å²) in [5, 5.41) is 19.6. The molecule has 124 valence electrons. The monoisotopic (exact) mass is 317 g/mol. The lowest BCUT2D eigenvalue weighted by atomic mass is 9.80. The van der Waals surface area contributed by atoms with Gasteiger partial charge in [-0.15, -0.1) is 0 Å². The molecule has 0 amide bonds. The van der Waals surface area contributed by atoms with Crippen LogP contribution in [0.15, 0.2) is 24.3 Å². The second-order valence-corrected chi connectivity index (χ2v) is 6.04. The van der Waals surface area contributed by atoms with Gasteiger partial charge < -0.3 is 9.84 Å². The molecule has 0 aliphatic heterocycles. The van der Waals surface area contributed by atoms with Crippen molar-refractivity contribution in [2.75, 3.05) is 7.11 Å². The number of rotatable bonds is 8. The van der Waals surface area contributed by atoms with E-state index in [1.807, 2.05) is 26.0 Å². The van der Waals surface area contributed by atoms with Crippen molar-refractivity contribution in [1.29, 1.82) is 5.26 Å². The zero-order chi connectivity index (χ0) is 17.5. The Labute approximate surface area is 136 Å². The molecule has 0 radical (unpaired) electrons. The van der Waals surface area contributed by atoms with Gasteiger partial charge in [0.15, 0.2) is 0 Å². The molecule has 0 saturated heterocycles. The molecule has 0 heterocycles. The predicted molar refractivity (Wildman–Crippen MR) is 85.5 cm³/mol. The van der Waals surface area contributed by atoms with Crippen LogP contribution < -0.4 is 0 Å². The first-order valence-corrected chi connectivity index (χ1v) is 7.60. The molecule has 1 aromatic carbocycles. The Morgan fingerprint density at radius 1 is 1.30 bits per heavy atom.